The van der Waals surface area contributed by atoms with Gasteiger partial charge in [-0.25, -0.2) is 17.5 Å². The standard InChI is InChI=1S/C18H26FN3O3S/c1-21-7-9-22(10-8-21)18(23)17-12-15(20-26(2,24)25)11-16(17)13-3-5-14(19)6-4-13/h3-6,15-17,20H,7-12H2,1-2H3/t15-,16+,17-/m0/s1. The molecule has 8 heteroatoms. The van der Waals surface area contributed by atoms with Crippen LogP contribution in [0.2, 0.25) is 0 Å². The van der Waals surface area contributed by atoms with Gasteiger partial charge in [-0.15, -0.1) is 0 Å². The lowest BCUT2D eigenvalue weighted by Gasteiger charge is -2.35. The topological polar surface area (TPSA) is 69.7 Å². The van der Waals surface area contributed by atoms with Crippen molar-refractivity contribution in [3.63, 3.8) is 0 Å². The molecule has 26 heavy (non-hydrogen) atoms. The highest BCUT2D eigenvalue weighted by molar-refractivity contribution is 7.88. The molecular formula is C18H26FN3O3S. The van der Waals surface area contributed by atoms with E-state index in [0.717, 1.165) is 24.9 Å². The van der Waals surface area contributed by atoms with E-state index in [-0.39, 0.29) is 29.6 Å². The van der Waals surface area contributed by atoms with Gasteiger partial charge >= 0.3 is 0 Å². The number of piperazine rings is 1. The molecule has 0 aromatic heterocycles. The lowest BCUT2D eigenvalue weighted by molar-refractivity contribution is -0.137. The fourth-order valence-electron chi connectivity index (χ4n) is 4.05. The molecule has 0 radical (unpaired) electrons. The van der Waals surface area contributed by atoms with Crippen LogP contribution in [0.5, 0.6) is 0 Å². The number of nitrogens with zero attached hydrogens (tertiary/aromatic N) is 2. The molecule has 1 N–H and O–H groups in total. The molecule has 1 saturated carbocycles. The van der Waals surface area contributed by atoms with Crippen molar-refractivity contribution >= 4 is 15.9 Å². The molecule has 3 atom stereocenters. The van der Waals surface area contributed by atoms with Crippen molar-refractivity contribution < 1.29 is 17.6 Å². The zero-order valence-corrected chi connectivity index (χ0v) is 16.0. The lowest BCUT2D eigenvalue weighted by atomic mass is 9.88. The van der Waals surface area contributed by atoms with E-state index in [2.05, 4.69) is 9.62 Å². The number of carbonyl (C=O) groups is 1. The molecule has 1 aromatic carbocycles. The summed E-state index contributed by atoms with van der Waals surface area (Å²) in [6.45, 7) is 3.05. The van der Waals surface area contributed by atoms with Crippen LogP contribution in [-0.4, -0.2) is 69.6 Å². The summed E-state index contributed by atoms with van der Waals surface area (Å²) >= 11 is 0. The number of likely N-dealkylation sites (N-methyl/N-ethyl adjacent to an activating group) is 1. The number of halogens is 1. The highest BCUT2D eigenvalue weighted by Crippen LogP contribution is 2.41. The molecule has 144 valence electrons. The third-order valence-electron chi connectivity index (χ3n) is 5.37. The predicted molar refractivity (Wildman–Crippen MR) is 97.7 cm³/mol. The Kier molecular flexibility index (Phi) is 5.64. The number of rotatable bonds is 4. The van der Waals surface area contributed by atoms with Crippen molar-refractivity contribution in [2.24, 2.45) is 5.92 Å². The Morgan fingerprint density at radius 3 is 2.31 bits per heavy atom. The van der Waals surface area contributed by atoms with Crippen molar-refractivity contribution in [2.45, 2.75) is 24.8 Å². The minimum absolute atomic E-state index is 0.0743. The van der Waals surface area contributed by atoms with Crippen molar-refractivity contribution in [3.8, 4) is 0 Å². The molecule has 3 rings (SSSR count). The minimum atomic E-state index is -3.34. The van der Waals surface area contributed by atoms with E-state index in [4.69, 9.17) is 0 Å². The Labute approximate surface area is 154 Å². The number of carbonyl (C=O) groups excluding carboxylic acids is 1. The Morgan fingerprint density at radius 1 is 1.12 bits per heavy atom. The summed E-state index contributed by atoms with van der Waals surface area (Å²) in [5, 5.41) is 0. The maximum atomic E-state index is 13.3. The van der Waals surface area contributed by atoms with Crippen molar-refractivity contribution in [2.75, 3.05) is 39.5 Å². The van der Waals surface area contributed by atoms with Crippen molar-refractivity contribution in [1.29, 1.82) is 0 Å². The van der Waals surface area contributed by atoms with Crippen LogP contribution in [-0.2, 0) is 14.8 Å². The van der Waals surface area contributed by atoms with Gasteiger partial charge in [-0.2, -0.15) is 0 Å². The third-order valence-corrected chi connectivity index (χ3v) is 6.14. The molecule has 1 aliphatic heterocycles. The number of amides is 1. The molecular weight excluding hydrogens is 357 g/mol. The highest BCUT2D eigenvalue weighted by Gasteiger charge is 2.42. The molecule has 2 fully saturated rings. The summed E-state index contributed by atoms with van der Waals surface area (Å²) < 4.78 is 39.2. The molecule has 1 saturated heterocycles. The van der Waals surface area contributed by atoms with Crippen LogP contribution < -0.4 is 4.72 Å². The van der Waals surface area contributed by atoms with Gasteiger partial charge in [0.15, 0.2) is 0 Å². The fraction of sp³-hybridized carbons (Fsp3) is 0.611. The van der Waals surface area contributed by atoms with Gasteiger partial charge in [-0.05, 0) is 43.5 Å². The highest BCUT2D eigenvalue weighted by atomic mass is 32.2. The van der Waals surface area contributed by atoms with Crippen LogP contribution >= 0.6 is 0 Å². The van der Waals surface area contributed by atoms with E-state index in [1.54, 1.807) is 12.1 Å². The van der Waals surface area contributed by atoms with E-state index in [1.807, 2.05) is 11.9 Å². The average molecular weight is 383 g/mol. The first-order valence-corrected chi connectivity index (χ1v) is 10.8. The molecule has 1 aliphatic carbocycles. The minimum Gasteiger partial charge on any atom is -0.340 e. The summed E-state index contributed by atoms with van der Waals surface area (Å²) in [5.41, 5.74) is 0.886. The Bertz CT molecular complexity index is 745. The van der Waals surface area contributed by atoms with Crippen LogP contribution in [0.3, 0.4) is 0 Å². The zero-order chi connectivity index (χ0) is 18.9. The quantitative estimate of drug-likeness (QED) is 0.843. The summed E-state index contributed by atoms with van der Waals surface area (Å²) in [6, 6.07) is 5.91. The average Bonchev–Trinajstić information content (AvgIpc) is 2.97. The smallest absolute Gasteiger partial charge is 0.226 e. The number of nitrogens with one attached hydrogen (secondary N) is 1. The Morgan fingerprint density at radius 2 is 1.73 bits per heavy atom. The van der Waals surface area contributed by atoms with Gasteiger partial charge in [0, 0.05) is 38.1 Å². The Balaban J connectivity index is 1.81. The maximum absolute atomic E-state index is 13.3. The van der Waals surface area contributed by atoms with Gasteiger partial charge in [-0.1, -0.05) is 12.1 Å². The summed E-state index contributed by atoms with van der Waals surface area (Å²) in [5.74, 6) is -0.644. The monoisotopic (exact) mass is 383 g/mol. The second-order valence-corrected chi connectivity index (χ2v) is 9.23. The van der Waals surface area contributed by atoms with Crippen molar-refractivity contribution in [3.05, 3.63) is 35.6 Å². The van der Waals surface area contributed by atoms with Crippen molar-refractivity contribution in [1.82, 2.24) is 14.5 Å². The largest absolute Gasteiger partial charge is 0.340 e. The van der Waals surface area contributed by atoms with Crippen LogP contribution in [0.1, 0.15) is 24.3 Å². The van der Waals surface area contributed by atoms with E-state index < -0.39 is 10.0 Å². The predicted octanol–water partition coefficient (Wildman–Crippen LogP) is 1.01. The summed E-state index contributed by atoms with van der Waals surface area (Å²) in [6.07, 6.45) is 2.15. The molecule has 1 aromatic rings. The van der Waals surface area contributed by atoms with Gasteiger partial charge in [0.05, 0.1) is 6.26 Å². The molecule has 0 spiro atoms. The summed E-state index contributed by atoms with van der Waals surface area (Å²) in [4.78, 5) is 17.2. The van der Waals surface area contributed by atoms with Crippen LogP contribution in [0.25, 0.3) is 0 Å². The molecule has 1 amide bonds. The first-order valence-electron chi connectivity index (χ1n) is 8.93. The molecule has 1 heterocycles. The number of hydrogen-bond donors (Lipinski definition) is 1. The third kappa shape index (κ3) is 4.61. The molecule has 0 unspecified atom stereocenters. The number of sulfonamides is 1. The number of hydrogen-bond acceptors (Lipinski definition) is 4. The van der Waals surface area contributed by atoms with E-state index in [9.17, 15) is 17.6 Å². The van der Waals surface area contributed by atoms with E-state index in [1.165, 1.54) is 12.1 Å². The second-order valence-electron chi connectivity index (χ2n) is 7.45. The van der Waals surface area contributed by atoms with Gasteiger partial charge in [0.25, 0.3) is 0 Å². The fourth-order valence-corrected chi connectivity index (χ4v) is 4.85. The molecule has 0 bridgehead atoms. The zero-order valence-electron chi connectivity index (χ0n) is 15.2. The van der Waals surface area contributed by atoms with Gasteiger partial charge in [0.1, 0.15) is 5.82 Å². The van der Waals surface area contributed by atoms with Crippen LogP contribution in [0.4, 0.5) is 4.39 Å². The first-order chi connectivity index (χ1) is 12.2. The van der Waals surface area contributed by atoms with Crippen LogP contribution in [0, 0.1) is 11.7 Å². The van der Waals surface area contributed by atoms with Gasteiger partial charge < -0.3 is 9.80 Å². The van der Waals surface area contributed by atoms with Gasteiger partial charge in [-0.3, -0.25) is 4.79 Å². The second kappa shape index (κ2) is 7.62. The Hall–Kier alpha value is -1.51. The van der Waals surface area contributed by atoms with E-state index in [0.29, 0.717) is 25.9 Å². The van der Waals surface area contributed by atoms with Gasteiger partial charge in [0.2, 0.25) is 15.9 Å². The van der Waals surface area contributed by atoms with Crippen LogP contribution in [0.15, 0.2) is 24.3 Å². The lowest BCUT2D eigenvalue weighted by Crippen LogP contribution is -2.49. The number of benzene rings is 1. The summed E-state index contributed by atoms with van der Waals surface area (Å²) in [7, 11) is -1.31. The molecule has 2 aliphatic rings. The SMILES string of the molecule is CN1CCN(C(=O)[C@H]2C[C@@H](NS(C)(=O)=O)C[C@@H]2c2ccc(F)cc2)CC1. The maximum Gasteiger partial charge on any atom is 0.226 e. The molecule has 6 nitrogen and oxygen atoms in total. The normalized spacial score (nSPS) is 27.7. The first kappa shape index (κ1) is 19.3. The van der Waals surface area contributed by atoms with E-state index >= 15 is 0 Å².